The minimum atomic E-state index is -0.253. The minimum absolute atomic E-state index is 0.196. The van der Waals surface area contributed by atoms with Crippen LogP contribution in [0.15, 0.2) is 30.3 Å². The van der Waals surface area contributed by atoms with Crippen molar-refractivity contribution in [3.8, 4) is 0 Å². The lowest BCUT2D eigenvalue weighted by Gasteiger charge is -2.18. The van der Waals surface area contributed by atoms with Gasteiger partial charge in [0.05, 0.1) is 0 Å². The van der Waals surface area contributed by atoms with Crippen LogP contribution in [0.5, 0.6) is 0 Å². The summed E-state index contributed by atoms with van der Waals surface area (Å²) >= 11 is 0. The SMILES string of the molecule is CCOC(/C=C/c1ccc(C(C)(C)C)cc1)OCC. The Morgan fingerprint density at radius 1 is 1.00 bits per heavy atom. The van der Waals surface area contributed by atoms with Crippen molar-refractivity contribution in [3.05, 3.63) is 41.5 Å². The fraction of sp³-hybridized carbons (Fsp3) is 0.529. The normalized spacial score (nSPS) is 12.5. The zero-order chi connectivity index (χ0) is 14.3. The van der Waals surface area contributed by atoms with Crippen LogP contribution in [0.2, 0.25) is 0 Å². The smallest absolute Gasteiger partial charge is 0.177 e. The maximum atomic E-state index is 5.47. The van der Waals surface area contributed by atoms with Crippen molar-refractivity contribution in [2.75, 3.05) is 13.2 Å². The van der Waals surface area contributed by atoms with Gasteiger partial charge in [-0.05, 0) is 36.5 Å². The first-order chi connectivity index (χ1) is 8.97. The highest BCUT2D eigenvalue weighted by molar-refractivity contribution is 5.50. The summed E-state index contributed by atoms with van der Waals surface area (Å²) in [4.78, 5) is 0. The lowest BCUT2D eigenvalue weighted by Crippen LogP contribution is -2.14. The van der Waals surface area contributed by atoms with E-state index in [0.29, 0.717) is 13.2 Å². The summed E-state index contributed by atoms with van der Waals surface area (Å²) in [5.41, 5.74) is 2.70. The summed E-state index contributed by atoms with van der Waals surface area (Å²) in [5.74, 6) is 0. The van der Waals surface area contributed by atoms with Gasteiger partial charge in [0.1, 0.15) is 0 Å². The Hall–Kier alpha value is -1.12. The Morgan fingerprint density at radius 3 is 1.95 bits per heavy atom. The van der Waals surface area contributed by atoms with Gasteiger partial charge in [0, 0.05) is 13.2 Å². The lowest BCUT2D eigenvalue weighted by molar-refractivity contribution is -0.103. The summed E-state index contributed by atoms with van der Waals surface area (Å²) in [7, 11) is 0. The van der Waals surface area contributed by atoms with Gasteiger partial charge < -0.3 is 9.47 Å². The van der Waals surface area contributed by atoms with Gasteiger partial charge in [-0.25, -0.2) is 0 Å². The van der Waals surface area contributed by atoms with Crippen molar-refractivity contribution in [1.29, 1.82) is 0 Å². The van der Waals surface area contributed by atoms with E-state index in [0.717, 1.165) is 5.56 Å². The Morgan fingerprint density at radius 2 is 1.53 bits per heavy atom. The van der Waals surface area contributed by atoms with Gasteiger partial charge in [0.25, 0.3) is 0 Å². The van der Waals surface area contributed by atoms with Gasteiger partial charge in [0.2, 0.25) is 0 Å². The average Bonchev–Trinajstić information content (AvgIpc) is 2.36. The first-order valence-electron chi connectivity index (χ1n) is 6.99. The topological polar surface area (TPSA) is 18.5 Å². The minimum Gasteiger partial charge on any atom is -0.349 e. The first-order valence-corrected chi connectivity index (χ1v) is 6.99. The van der Waals surface area contributed by atoms with Crippen molar-refractivity contribution in [2.45, 2.75) is 46.3 Å². The second-order valence-corrected chi connectivity index (χ2v) is 5.51. The molecule has 0 radical (unpaired) electrons. The zero-order valence-electron chi connectivity index (χ0n) is 12.8. The van der Waals surface area contributed by atoms with Crippen molar-refractivity contribution >= 4 is 6.08 Å². The molecule has 0 heterocycles. The third-order valence-electron chi connectivity index (χ3n) is 2.88. The van der Waals surface area contributed by atoms with E-state index in [1.54, 1.807) is 0 Å². The summed E-state index contributed by atoms with van der Waals surface area (Å²) in [5, 5.41) is 0. The Labute approximate surface area is 117 Å². The summed E-state index contributed by atoms with van der Waals surface area (Å²) in [6, 6.07) is 8.62. The van der Waals surface area contributed by atoms with Crippen LogP contribution in [0.25, 0.3) is 6.08 Å². The molecule has 0 fully saturated rings. The largest absolute Gasteiger partial charge is 0.349 e. The molecule has 0 saturated heterocycles. The van der Waals surface area contributed by atoms with E-state index in [1.807, 2.05) is 26.0 Å². The van der Waals surface area contributed by atoms with Gasteiger partial charge in [-0.15, -0.1) is 0 Å². The third-order valence-corrected chi connectivity index (χ3v) is 2.88. The molecule has 1 aromatic carbocycles. The molecule has 2 nitrogen and oxygen atoms in total. The van der Waals surface area contributed by atoms with Gasteiger partial charge in [-0.1, -0.05) is 51.1 Å². The lowest BCUT2D eigenvalue weighted by atomic mass is 9.87. The molecule has 0 aromatic heterocycles. The number of rotatable bonds is 6. The molecule has 0 saturated carbocycles. The Balaban J connectivity index is 2.70. The summed E-state index contributed by atoms with van der Waals surface area (Å²) in [6.07, 6.45) is 3.75. The van der Waals surface area contributed by atoms with Crippen molar-refractivity contribution in [2.24, 2.45) is 0 Å². The molecule has 19 heavy (non-hydrogen) atoms. The summed E-state index contributed by atoms with van der Waals surface area (Å²) < 4.78 is 10.9. The monoisotopic (exact) mass is 262 g/mol. The van der Waals surface area contributed by atoms with Crippen LogP contribution in [0.3, 0.4) is 0 Å². The zero-order valence-corrected chi connectivity index (χ0v) is 12.8. The first kappa shape index (κ1) is 15.9. The molecule has 1 aromatic rings. The third kappa shape index (κ3) is 5.58. The molecule has 1 rings (SSSR count). The molecular weight excluding hydrogens is 236 g/mol. The molecule has 0 aliphatic carbocycles. The molecule has 0 bridgehead atoms. The molecule has 0 N–H and O–H groups in total. The maximum Gasteiger partial charge on any atom is 0.177 e. The molecule has 0 amide bonds. The van der Waals surface area contributed by atoms with E-state index >= 15 is 0 Å². The standard InChI is InChI=1S/C17H26O2/c1-6-18-16(19-7-2)13-10-14-8-11-15(12-9-14)17(3,4)5/h8-13,16H,6-7H2,1-5H3/b13-10+. The molecule has 2 heteroatoms. The second-order valence-electron chi connectivity index (χ2n) is 5.51. The van der Waals surface area contributed by atoms with E-state index in [-0.39, 0.29) is 11.7 Å². The fourth-order valence-electron chi connectivity index (χ4n) is 1.77. The highest BCUT2D eigenvalue weighted by Gasteiger charge is 2.12. The predicted molar refractivity (Wildman–Crippen MR) is 81.2 cm³/mol. The van der Waals surface area contributed by atoms with Crippen LogP contribution < -0.4 is 0 Å². The van der Waals surface area contributed by atoms with Crippen LogP contribution >= 0.6 is 0 Å². The maximum absolute atomic E-state index is 5.47. The molecule has 106 valence electrons. The van der Waals surface area contributed by atoms with E-state index < -0.39 is 0 Å². The van der Waals surface area contributed by atoms with E-state index in [1.165, 1.54) is 5.56 Å². The fourth-order valence-corrected chi connectivity index (χ4v) is 1.77. The highest BCUT2D eigenvalue weighted by atomic mass is 16.7. The highest BCUT2D eigenvalue weighted by Crippen LogP contribution is 2.22. The van der Waals surface area contributed by atoms with Gasteiger partial charge in [0.15, 0.2) is 6.29 Å². The van der Waals surface area contributed by atoms with Crippen LogP contribution in [-0.4, -0.2) is 19.5 Å². The van der Waals surface area contributed by atoms with Gasteiger partial charge in [-0.2, -0.15) is 0 Å². The number of hydrogen-bond donors (Lipinski definition) is 0. The van der Waals surface area contributed by atoms with Crippen molar-refractivity contribution in [1.82, 2.24) is 0 Å². The molecule has 0 atom stereocenters. The van der Waals surface area contributed by atoms with Crippen LogP contribution in [0, 0.1) is 0 Å². The van der Waals surface area contributed by atoms with Crippen LogP contribution in [0.4, 0.5) is 0 Å². The average molecular weight is 262 g/mol. The molecule has 0 aliphatic heterocycles. The number of ether oxygens (including phenoxy) is 2. The van der Waals surface area contributed by atoms with Crippen molar-refractivity contribution < 1.29 is 9.47 Å². The van der Waals surface area contributed by atoms with E-state index in [2.05, 4.69) is 45.0 Å². The second kappa shape index (κ2) is 7.46. The Kier molecular flexibility index (Phi) is 6.26. The summed E-state index contributed by atoms with van der Waals surface area (Å²) in [6.45, 7) is 11.9. The predicted octanol–water partition coefficient (Wildman–Crippen LogP) is 4.40. The Bertz CT molecular complexity index is 379. The number of hydrogen-bond acceptors (Lipinski definition) is 2. The van der Waals surface area contributed by atoms with Gasteiger partial charge >= 0.3 is 0 Å². The van der Waals surface area contributed by atoms with Crippen molar-refractivity contribution in [3.63, 3.8) is 0 Å². The molecule has 0 spiro atoms. The molecular formula is C17H26O2. The molecule has 0 aliphatic rings. The van der Waals surface area contributed by atoms with Crippen LogP contribution in [-0.2, 0) is 14.9 Å². The molecule has 0 unspecified atom stereocenters. The van der Waals surface area contributed by atoms with Crippen LogP contribution in [0.1, 0.15) is 45.7 Å². The van der Waals surface area contributed by atoms with E-state index in [4.69, 9.17) is 9.47 Å². The number of benzene rings is 1. The quantitative estimate of drug-likeness (QED) is 0.708. The van der Waals surface area contributed by atoms with Gasteiger partial charge in [-0.3, -0.25) is 0 Å². The van der Waals surface area contributed by atoms with E-state index in [9.17, 15) is 0 Å².